The van der Waals surface area contributed by atoms with Gasteiger partial charge in [-0.2, -0.15) is 0 Å². The van der Waals surface area contributed by atoms with Crippen LogP contribution in [0.5, 0.6) is 0 Å². The van der Waals surface area contributed by atoms with E-state index in [1.807, 2.05) is 63.2 Å². The highest BCUT2D eigenvalue weighted by atomic mass is 16.2. The molecule has 142 valence electrons. The SMILES string of the molecule is Cc1ccccc1CNC(=O)c1cccc(C(=O)Nc2cccc(C)c2C)n1. The molecule has 0 aliphatic rings. The van der Waals surface area contributed by atoms with E-state index in [4.69, 9.17) is 0 Å². The Bertz CT molecular complexity index is 1030. The van der Waals surface area contributed by atoms with Gasteiger partial charge in [0.25, 0.3) is 11.8 Å². The molecule has 0 aliphatic carbocycles. The van der Waals surface area contributed by atoms with Crippen LogP contribution in [0.3, 0.4) is 0 Å². The lowest BCUT2D eigenvalue weighted by Gasteiger charge is -2.11. The molecule has 0 saturated heterocycles. The molecule has 2 N–H and O–H groups in total. The number of aryl methyl sites for hydroxylation is 2. The molecule has 0 saturated carbocycles. The standard InChI is InChI=1S/C23H23N3O2/c1-15-9-6-11-19(17(15)3)26-23(28)21-13-7-12-20(25-21)22(27)24-14-18-10-5-4-8-16(18)2/h4-13H,14H2,1-3H3,(H,24,27)(H,26,28). The zero-order valence-corrected chi connectivity index (χ0v) is 16.2. The van der Waals surface area contributed by atoms with Gasteiger partial charge in [-0.25, -0.2) is 4.98 Å². The van der Waals surface area contributed by atoms with Crippen LogP contribution >= 0.6 is 0 Å². The Labute approximate surface area is 164 Å². The van der Waals surface area contributed by atoms with Gasteiger partial charge in [0, 0.05) is 12.2 Å². The molecule has 1 aromatic heterocycles. The van der Waals surface area contributed by atoms with Crippen molar-refractivity contribution in [2.24, 2.45) is 0 Å². The monoisotopic (exact) mass is 373 g/mol. The van der Waals surface area contributed by atoms with Crippen molar-refractivity contribution in [2.45, 2.75) is 27.3 Å². The molecule has 2 aromatic carbocycles. The Morgan fingerprint density at radius 2 is 1.43 bits per heavy atom. The van der Waals surface area contributed by atoms with Crippen molar-refractivity contribution < 1.29 is 9.59 Å². The summed E-state index contributed by atoms with van der Waals surface area (Å²) in [7, 11) is 0. The van der Waals surface area contributed by atoms with Gasteiger partial charge in [0.1, 0.15) is 11.4 Å². The van der Waals surface area contributed by atoms with Crippen LogP contribution in [-0.2, 0) is 6.54 Å². The van der Waals surface area contributed by atoms with Gasteiger partial charge in [0.05, 0.1) is 0 Å². The number of amides is 2. The number of carbonyl (C=O) groups excluding carboxylic acids is 2. The summed E-state index contributed by atoms with van der Waals surface area (Å²) in [5, 5.41) is 5.72. The van der Waals surface area contributed by atoms with E-state index >= 15 is 0 Å². The minimum Gasteiger partial charge on any atom is -0.347 e. The number of anilines is 1. The molecule has 0 spiro atoms. The number of nitrogens with one attached hydrogen (secondary N) is 2. The first-order chi connectivity index (χ1) is 13.5. The van der Waals surface area contributed by atoms with Crippen molar-refractivity contribution in [1.82, 2.24) is 10.3 Å². The molecule has 5 heteroatoms. The van der Waals surface area contributed by atoms with Gasteiger partial charge in [0.15, 0.2) is 0 Å². The largest absolute Gasteiger partial charge is 0.347 e. The zero-order chi connectivity index (χ0) is 20.1. The van der Waals surface area contributed by atoms with Crippen LogP contribution in [0.4, 0.5) is 5.69 Å². The summed E-state index contributed by atoms with van der Waals surface area (Å²) >= 11 is 0. The van der Waals surface area contributed by atoms with Crippen LogP contribution in [0.2, 0.25) is 0 Å². The van der Waals surface area contributed by atoms with Gasteiger partial charge < -0.3 is 10.6 Å². The van der Waals surface area contributed by atoms with Gasteiger partial charge >= 0.3 is 0 Å². The molecule has 0 aliphatic heterocycles. The molecule has 3 rings (SSSR count). The maximum absolute atomic E-state index is 12.6. The third-order valence-corrected chi connectivity index (χ3v) is 4.77. The highest BCUT2D eigenvalue weighted by Gasteiger charge is 2.14. The molecule has 0 atom stereocenters. The van der Waals surface area contributed by atoms with Crippen molar-refractivity contribution in [1.29, 1.82) is 0 Å². The van der Waals surface area contributed by atoms with Gasteiger partial charge in [-0.05, 0) is 61.2 Å². The number of hydrogen-bond donors (Lipinski definition) is 2. The van der Waals surface area contributed by atoms with Crippen LogP contribution < -0.4 is 10.6 Å². The Hall–Kier alpha value is -3.47. The highest BCUT2D eigenvalue weighted by Crippen LogP contribution is 2.18. The minimum absolute atomic E-state index is 0.199. The molecule has 0 unspecified atom stereocenters. The number of nitrogens with zero attached hydrogens (tertiary/aromatic N) is 1. The van der Waals surface area contributed by atoms with Crippen molar-refractivity contribution in [2.75, 3.05) is 5.32 Å². The minimum atomic E-state index is -0.345. The summed E-state index contributed by atoms with van der Waals surface area (Å²) in [5.74, 6) is -0.660. The van der Waals surface area contributed by atoms with Gasteiger partial charge in [0.2, 0.25) is 0 Å². The fraction of sp³-hybridized carbons (Fsp3) is 0.174. The Morgan fingerprint density at radius 1 is 0.786 bits per heavy atom. The number of hydrogen-bond acceptors (Lipinski definition) is 3. The molecule has 2 amide bonds. The first-order valence-electron chi connectivity index (χ1n) is 9.13. The van der Waals surface area contributed by atoms with E-state index < -0.39 is 0 Å². The summed E-state index contributed by atoms with van der Waals surface area (Å²) in [4.78, 5) is 29.3. The number of rotatable bonds is 5. The van der Waals surface area contributed by atoms with E-state index in [0.717, 1.165) is 27.9 Å². The Kier molecular flexibility index (Phi) is 5.84. The van der Waals surface area contributed by atoms with E-state index in [1.165, 1.54) is 0 Å². The Morgan fingerprint density at radius 3 is 2.18 bits per heavy atom. The first-order valence-corrected chi connectivity index (χ1v) is 9.13. The number of carbonyl (C=O) groups is 2. The Balaban J connectivity index is 1.70. The van der Waals surface area contributed by atoms with Crippen molar-refractivity contribution in [3.05, 3.63) is 94.3 Å². The summed E-state index contributed by atoms with van der Waals surface area (Å²) in [5.41, 5.74) is 5.39. The van der Waals surface area contributed by atoms with Crippen molar-refractivity contribution in [3.8, 4) is 0 Å². The number of pyridine rings is 1. The molecule has 28 heavy (non-hydrogen) atoms. The molecule has 0 radical (unpaired) electrons. The van der Waals surface area contributed by atoms with E-state index in [-0.39, 0.29) is 23.2 Å². The summed E-state index contributed by atoms with van der Waals surface area (Å²) < 4.78 is 0. The molecule has 5 nitrogen and oxygen atoms in total. The normalized spacial score (nSPS) is 10.4. The quantitative estimate of drug-likeness (QED) is 0.704. The average Bonchev–Trinajstić information content (AvgIpc) is 2.70. The van der Waals surface area contributed by atoms with Gasteiger partial charge in [-0.15, -0.1) is 0 Å². The topological polar surface area (TPSA) is 71.1 Å². The molecular weight excluding hydrogens is 350 g/mol. The van der Waals surface area contributed by atoms with E-state index in [2.05, 4.69) is 15.6 Å². The third-order valence-electron chi connectivity index (χ3n) is 4.77. The zero-order valence-electron chi connectivity index (χ0n) is 16.2. The number of benzene rings is 2. The first kappa shape index (κ1) is 19.3. The molecule has 1 heterocycles. The summed E-state index contributed by atoms with van der Waals surface area (Å²) in [6.07, 6.45) is 0. The van der Waals surface area contributed by atoms with E-state index in [0.29, 0.717) is 6.54 Å². The summed E-state index contributed by atoms with van der Waals surface area (Å²) in [6, 6.07) is 18.4. The second-order valence-corrected chi connectivity index (χ2v) is 6.72. The fourth-order valence-electron chi connectivity index (χ4n) is 2.83. The lowest BCUT2D eigenvalue weighted by Crippen LogP contribution is -2.25. The second kappa shape index (κ2) is 8.48. The molecular formula is C23H23N3O2. The smallest absolute Gasteiger partial charge is 0.274 e. The van der Waals surface area contributed by atoms with Crippen molar-refractivity contribution >= 4 is 17.5 Å². The van der Waals surface area contributed by atoms with E-state index in [1.54, 1.807) is 18.2 Å². The maximum atomic E-state index is 12.6. The average molecular weight is 373 g/mol. The van der Waals surface area contributed by atoms with Crippen LogP contribution in [0, 0.1) is 20.8 Å². The van der Waals surface area contributed by atoms with Gasteiger partial charge in [-0.3, -0.25) is 9.59 Å². The predicted octanol–water partition coefficient (Wildman–Crippen LogP) is 4.19. The van der Waals surface area contributed by atoms with Crippen molar-refractivity contribution in [3.63, 3.8) is 0 Å². The fourth-order valence-corrected chi connectivity index (χ4v) is 2.83. The maximum Gasteiger partial charge on any atom is 0.274 e. The van der Waals surface area contributed by atoms with Crippen LogP contribution in [0.25, 0.3) is 0 Å². The molecule has 3 aromatic rings. The van der Waals surface area contributed by atoms with E-state index in [9.17, 15) is 9.59 Å². The molecule has 0 bridgehead atoms. The van der Waals surface area contributed by atoms with Crippen LogP contribution in [0.15, 0.2) is 60.7 Å². The molecule has 0 fully saturated rings. The lowest BCUT2D eigenvalue weighted by molar-refractivity contribution is 0.0945. The predicted molar refractivity (Wildman–Crippen MR) is 110 cm³/mol. The van der Waals surface area contributed by atoms with Crippen LogP contribution in [-0.4, -0.2) is 16.8 Å². The van der Waals surface area contributed by atoms with Gasteiger partial charge in [-0.1, -0.05) is 42.5 Å². The lowest BCUT2D eigenvalue weighted by atomic mass is 10.1. The third kappa shape index (κ3) is 4.43. The second-order valence-electron chi connectivity index (χ2n) is 6.72. The highest BCUT2D eigenvalue weighted by molar-refractivity contribution is 6.04. The summed E-state index contributed by atoms with van der Waals surface area (Å²) in [6.45, 7) is 6.35. The van der Waals surface area contributed by atoms with Crippen LogP contribution in [0.1, 0.15) is 43.2 Å². The number of aromatic nitrogens is 1.